The van der Waals surface area contributed by atoms with Crippen LogP contribution in [0, 0.1) is 0 Å². The summed E-state index contributed by atoms with van der Waals surface area (Å²) in [5.74, 6) is 0.154. The highest BCUT2D eigenvalue weighted by Crippen LogP contribution is 2.38. The van der Waals surface area contributed by atoms with E-state index in [1.165, 1.54) is 5.56 Å². The molecule has 1 unspecified atom stereocenters. The number of hydrogen-bond donors (Lipinski definition) is 1. The predicted octanol–water partition coefficient (Wildman–Crippen LogP) is 2.05. The van der Waals surface area contributed by atoms with Crippen LogP contribution in [0.4, 0.5) is 0 Å². The lowest BCUT2D eigenvalue weighted by Gasteiger charge is -2.43. The number of amides is 2. The van der Waals surface area contributed by atoms with Gasteiger partial charge in [-0.05, 0) is 29.5 Å². The van der Waals surface area contributed by atoms with Crippen molar-refractivity contribution in [1.29, 1.82) is 0 Å². The SMILES string of the molecule is [B]C1(N2Cc3c(cccc3C(C)C)C2=O)CCC(=O)NC1=C. The summed E-state index contributed by atoms with van der Waals surface area (Å²) >= 11 is 0. The normalized spacial score (nSPS) is 24.7. The predicted molar refractivity (Wildman–Crippen MR) is 85.4 cm³/mol. The zero-order chi connectivity index (χ0) is 16.1. The number of fused-ring (bicyclic) bond motifs is 1. The summed E-state index contributed by atoms with van der Waals surface area (Å²) in [6, 6.07) is 5.81. The summed E-state index contributed by atoms with van der Waals surface area (Å²) in [5.41, 5.74) is 2.30. The standard InChI is InChI=1S/C17H19BN2O2/c1-10(2)12-5-4-6-13-14(12)9-20(16(13)22)17(18)8-7-15(21)19-11(17)3/h4-6,10H,3,7-9H2,1-2H3,(H,19,21). The van der Waals surface area contributed by atoms with Gasteiger partial charge in [0.2, 0.25) is 5.91 Å². The van der Waals surface area contributed by atoms with Crippen molar-refractivity contribution >= 4 is 19.7 Å². The third-order valence-electron chi connectivity index (χ3n) is 4.65. The van der Waals surface area contributed by atoms with Crippen molar-refractivity contribution in [2.45, 2.75) is 44.6 Å². The number of carbonyl (C=O) groups excluding carboxylic acids is 2. The van der Waals surface area contributed by atoms with Gasteiger partial charge >= 0.3 is 0 Å². The maximum atomic E-state index is 12.8. The minimum absolute atomic E-state index is 0.0858. The van der Waals surface area contributed by atoms with Crippen LogP contribution in [0.15, 0.2) is 30.5 Å². The van der Waals surface area contributed by atoms with E-state index >= 15 is 0 Å². The highest BCUT2D eigenvalue weighted by atomic mass is 16.2. The average molecular weight is 294 g/mol. The molecular weight excluding hydrogens is 275 g/mol. The Kier molecular flexibility index (Phi) is 3.39. The third kappa shape index (κ3) is 2.07. The van der Waals surface area contributed by atoms with Gasteiger partial charge in [-0.15, -0.1) is 0 Å². The molecule has 112 valence electrons. The number of rotatable bonds is 2. The highest BCUT2D eigenvalue weighted by molar-refractivity contribution is 6.21. The first kappa shape index (κ1) is 14.9. The van der Waals surface area contributed by atoms with Crippen LogP contribution in [0.2, 0.25) is 0 Å². The van der Waals surface area contributed by atoms with Crippen LogP contribution in [-0.2, 0) is 11.3 Å². The fraction of sp³-hybridized carbons (Fsp3) is 0.412. The van der Waals surface area contributed by atoms with Gasteiger partial charge in [0.25, 0.3) is 5.91 Å². The van der Waals surface area contributed by atoms with E-state index < -0.39 is 5.44 Å². The van der Waals surface area contributed by atoms with E-state index in [1.807, 2.05) is 12.1 Å². The summed E-state index contributed by atoms with van der Waals surface area (Å²) in [4.78, 5) is 25.9. The topological polar surface area (TPSA) is 49.4 Å². The van der Waals surface area contributed by atoms with Gasteiger partial charge in [-0.3, -0.25) is 9.59 Å². The van der Waals surface area contributed by atoms with Crippen molar-refractivity contribution in [2.24, 2.45) is 0 Å². The Hall–Kier alpha value is -2.04. The van der Waals surface area contributed by atoms with Gasteiger partial charge in [0.1, 0.15) is 7.85 Å². The Bertz CT molecular complexity index is 683. The molecule has 2 aliphatic heterocycles. The van der Waals surface area contributed by atoms with Crippen LogP contribution in [0.5, 0.6) is 0 Å². The van der Waals surface area contributed by atoms with Crippen LogP contribution >= 0.6 is 0 Å². The highest BCUT2D eigenvalue weighted by Gasteiger charge is 2.44. The lowest BCUT2D eigenvalue weighted by molar-refractivity contribution is -0.122. The first-order valence-corrected chi connectivity index (χ1v) is 7.56. The molecule has 3 rings (SSSR count). The number of piperidine rings is 1. The molecule has 5 heteroatoms. The molecule has 1 saturated heterocycles. The molecule has 1 aromatic rings. The molecule has 2 aliphatic rings. The zero-order valence-corrected chi connectivity index (χ0v) is 13.0. The lowest BCUT2D eigenvalue weighted by Crippen LogP contribution is -2.57. The van der Waals surface area contributed by atoms with Crippen molar-refractivity contribution in [1.82, 2.24) is 10.2 Å². The van der Waals surface area contributed by atoms with Gasteiger partial charge in [-0.25, -0.2) is 0 Å². The van der Waals surface area contributed by atoms with E-state index in [-0.39, 0.29) is 11.8 Å². The molecule has 1 N–H and O–H groups in total. The van der Waals surface area contributed by atoms with E-state index in [0.29, 0.717) is 36.6 Å². The Balaban J connectivity index is 1.99. The molecule has 2 radical (unpaired) electrons. The first-order valence-electron chi connectivity index (χ1n) is 7.56. The monoisotopic (exact) mass is 294 g/mol. The second kappa shape index (κ2) is 5.01. The fourth-order valence-electron chi connectivity index (χ4n) is 3.31. The largest absolute Gasteiger partial charge is 0.332 e. The number of benzene rings is 1. The summed E-state index contributed by atoms with van der Waals surface area (Å²) in [6.07, 6.45) is 0.696. The number of carbonyl (C=O) groups is 2. The minimum atomic E-state index is -1.02. The second-order valence-electron chi connectivity index (χ2n) is 6.37. The molecular formula is C17H19BN2O2. The Morgan fingerprint density at radius 2 is 2.09 bits per heavy atom. The van der Waals surface area contributed by atoms with E-state index in [9.17, 15) is 9.59 Å². The molecule has 1 aromatic carbocycles. The third-order valence-corrected chi connectivity index (χ3v) is 4.65. The second-order valence-corrected chi connectivity index (χ2v) is 6.37. The molecule has 1 fully saturated rings. The Labute approximate surface area is 132 Å². The maximum absolute atomic E-state index is 12.8. The lowest BCUT2D eigenvalue weighted by atomic mass is 9.68. The molecule has 0 aromatic heterocycles. The molecule has 2 amide bonds. The quantitative estimate of drug-likeness (QED) is 0.849. The zero-order valence-electron chi connectivity index (χ0n) is 13.0. The summed E-state index contributed by atoms with van der Waals surface area (Å²) in [5, 5.41) is 2.68. The van der Waals surface area contributed by atoms with Crippen LogP contribution in [0.1, 0.15) is 54.1 Å². The summed E-state index contributed by atoms with van der Waals surface area (Å²) in [7, 11) is 6.46. The number of hydrogen-bond acceptors (Lipinski definition) is 2. The maximum Gasteiger partial charge on any atom is 0.254 e. The van der Waals surface area contributed by atoms with Crippen molar-refractivity contribution in [3.8, 4) is 0 Å². The Morgan fingerprint density at radius 1 is 1.36 bits per heavy atom. The molecule has 1 atom stereocenters. The molecule has 4 nitrogen and oxygen atoms in total. The van der Waals surface area contributed by atoms with Crippen LogP contribution < -0.4 is 5.32 Å². The number of nitrogens with zero attached hydrogens (tertiary/aromatic N) is 1. The van der Waals surface area contributed by atoms with Crippen molar-refractivity contribution in [3.63, 3.8) is 0 Å². The summed E-state index contributed by atoms with van der Waals surface area (Å²) < 4.78 is 0. The van der Waals surface area contributed by atoms with Crippen molar-refractivity contribution < 1.29 is 9.59 Å². The van der Waals surface area contributed by atoms with E-state index in [2.05, 4.69) is 31.8 Å². The van der Waals surface area contributed by atoms with Crippen molar-refractivity contribution in [3.05, 3.63) is 47.2 Å². The fourth-order valence-corrected chi connectivity index (χ4v) is 3.31. The minimum Gasteiger partial charge on any atom is -0.332 e. The van der Waals surface area contributed by atoms with Gasteiger partial charge in [-0.1, -0.05) is 32.6 Å². The van der Waals surface area contributed by atoms with Gasteiger partial charge in [0.05, 0.1) is 0 Å². The van der Waals surface area contributed by atoms with Crippen LogP contribution in [0.3, 0.4) is 0 Å². The van der Waals surface area contributed by atoms with E-state index in [1.54, 1.807) is 4.90 Å². The molecule has 2 heterocycles. The molecule has 22 heavy (non-hydrogen) atoms. The van der Waals surface area contributed by atoms with Crippen LogP contribution in [0.25, 0.3) is 0 Å². The number of nitrogens with one attached hydrogen (secondary N) is 1. The molecule has 0 aliphatic carbocycles. The smallest absolute Gasteiger partial charge is 0.254 e. The van der Waals surface area contributed by atoms with Crippen molar-refractivity contribution in [2.75, 3.05) is 0 Å². The van der Waals surface area contributed by atoms with Gasteiger partial charge in [0.15, 0.2) is 0 Å². The van der Waals surface area contributed by atoms with E-state index in [0.717, 1.165) is 5.56 Å². The van der Waals surface area contributed by atoms with Crippen LogP contribution in [-0.4, -0.2) is 30.0 Å². The molecule has 0 saturated carbocycles. The first-order chi connectivity index (χ1) is 10.3. The summed E-state index contributed by atoms with van der Waals surface area (Å²) in [6.45, 7) is 8.56. The Morgan fingerprint density at radius 3 is 2.73 bits per heavy atom. The average Bonchev–Trinajstić information content (AvgIpc) is 2.81. The van der Waals surface area contributed by atoms with Gasteiger partial charge in [-0.2, -0.15) is 0 Å². The molecule has 0 spiro atoms. The molecule has 0 bridgehead atoms. The van der Waals surface area contributed by atoms with E-state index in [4.69, 9.17) is 7.85 Å². The van der Waals surface area contributed by atoms with Gasteiger partial charge in [0, 0.05) is 29.7 Å². The van der Waals surface area contributed by atoms with Gasteiger partial charge < -0.3 is 10.2 Å².